The van der Waals surface area contributed by atoms with Crippen molar-refractivity contribution < 1.29 is 24.2 Å². The van der Waals surface area contributed by atoms with E-state index in [1.165, 1.54) is 0 Å². The summed E-state index contributed by atoms with van der Waals surface area (Å²) in [5.41, 5.74) is 1.21. The number of amides is 2. The van der Waals surface area contributed by atoms with Crippen molar-refractivity contribution in [1.82, 2.24) is 0 Å². The quantitative estimate of drug-likeness (QED) is 0.801. The van der Waals surface area contributed by atoms with Crippen LogP contribution in [0, 0.1) is 0 Å². The van der Waals surface area contributed by atoms with Crippen LogP contribution in [0.3, 0.4) is 0 Å². The number of benzene rings is 1. The third kappa shape index (κ3) is 4.45. The van der Waals surface area contributed by atoms with Gasteiger partial charge in [0.15, 0.2) is 6.61 Å². The maximum absolute atomic E-state index is 12.0. The van der Waals surface area contributed by atoms with Crippen molar-refractivity contribution in [3.63, 3.8) is 0 Å². The number of carbonyl (C=O) groups is 3. The monoisotopic (exact) mass is 320 g/mol. The Morgan fingerprint density at radius 2 is 2.13 bits per heavy atom. The smallest absolute Gasteiger partial charge is 0.303 e. The molecule has 0 aromatic heterocycles. The average Bonchev–Trinajstić information content (AvgIpc) is 2.52. The molecule has 124 valence electrons. The van der Waals surface area contributed by atoms with Crippen LogP contribution in [0.25, 0.3) is 0 Å². The van der Waals surface area contributed by atoms with E-state index in [0.717, 1.165) is 12.8 Å². The minimum atomic E-state index is -1.01. The Balaban J connectivity index is 2.08. The van der Waals surface area contributed by atoms with Crippen LogP contribution in [0.2, 0.25) is 0 Å². The van der Waals surface area contributed by atoms with Crippen LogP contribution in [0.5, 0.6) is 5.75 Å². The van der Waals surface area contributed by atoms with E-state index >= 15 is 0 Å². The van der Waals surface area contributed by atoms with E-state index in [2.05, 4.69) is 12.2 Å². The fourth-order valence-electron chi connectivity index (χ4n) is 2.29. The largest absolute Gasteiger partial charge is 0.481 e. The minimum Gasteiger partial charge on any atom is -0.481 e. The number of ether oxygens (including phenoxy) is 1. The normalized spacial score (nSPS) is 13.3. The lowest BCUT2D eigenvalue weighted by molar-refractivity contribution is -0.138. The molecule has 1 heterocycles. The van der Waals surface area contributed by atoms with E-state index < -0.39 is 5.97 Å². The van der Waals surface area contributed by atoms with Crippen molar-refractivity contribution in [2.24, 2.45) is 0 Å². The molecule has 1 aromatic rings. The Morgan fingerprint density at radius 1 is 1.35 bits per heavy atom. The second-order valence-corrected chi connectivity index (χ2v) is 5.31. The standard InChI is InChI=1S/C16H20N2O5/c1-2-3-8-18-12-5-4-11(9-13(12)23-10-15(18)20)17-14(19)6-7-16(21)22/h4-5,9H,2-3,6-8,10H2,1H3,(H,17,19)(H,21,22). The molecule has 1 aliphatic heterocycles. The van der Waals surface area contributed by atoms with E-state index in [-0.39, 0.29) is 31.3 Å². The van der Waals surface area contributed by atoms with Gasteiger partial charge in [0.2, 0.25) is 5.91 Å². The molecule has 1 aromatic carbocycles. The molecule has 2 N–H and O–H groups in total. The maximum atomic E-state index is 12.0. The molecule has 0 bridgehead atoms. The summed E-state index contributed by atoms with van der Waals surface area (Å²) in [5, 5.41) is 11.2. The third-order valence-electron chi connectivity index (χ3n) is 3.49. The first kappa shape index (κ1) is 16.8. The van der Waals surface area contributed by atoms with Gasteiger partial charge in [-0.1, -0.05) is 13.3 Å². The summed E-state index contributed by atoms with van der Waals surface area (Å²) in [6, 6.07) is 5.06. The highest BCUT2D eigenvalue weighted by molar-refractivity contribution is 5.99. The van der Waals surface area contributed by atoms with Crippen LogP contribution in [0.15, 0.2) is 18.2 Å². The number of unbranched alkanes of at least 4 members (excludes halogenated alkanes) is 1. The molecule has 0 radical (unpaired) electrons. The number of carboxylic acid groups (broad SMARTS) is 1. The highest BCUT2D eigenvalue weighted by Crippen LogP contribution is 2.34. The minimum absolute atomic E-state index is 0.0207. The summed E-state index contributed by atoms with van der Waals surface area (Å²) >= 11 is 0. The molecule has 7 heteroatoms. The lowest BCUT2D eigenvalue weighted by atomic mass is 10.2. The fraction of sp³-hybridized carbons (Fsp3) is 0.438. The predicted molar refractivity (Wildman–Crippen MR) is 84.7 cm³/mol. The zero-order valence-corrected chi connectivity index (χ0v) is 13.0. The lowest BCUT2D eigenvalue weighted by Crippen LogP contribution is -2.39. The highest BCUT2D eigenvalue weighted by atomic mass is 16.5. The Labute approximate surface area is 134 Å². The number of rotatable bonds is 7. The number of anilines is 2. The van der Waals surface area contributed by atoms with Gasteiger partial charge in [0.1, 0.15) is 5.75 Å². The summed E-state index contributed by atoms with van der Waals surface area (Å²) < 4.78 is 5.43. The average molecular weight is 320 g/mol. The Hall–Kier alpha value is -2.57. The molecule has 1 aliphatic rings. The number of fused-ring (bicyclic) bond motifs is 1. The number of hydrogen-bond acceptors (Lipinski definition) is 4. The Kier molecular flexibility index (Phi) is 5.56. The number of carbonyl (C=O) groups excluding carboxylic acids is 2. The molecule has 0 spiro atoms. The number of hydrogen-bond donors (Lipinski definition) is 2. The van der Waals surface area contributed by atoms with Crippen LogP contribution in [-0.2, 0) is 14.4 Å². The molecule has 7 nitrogen and oxygen atoms in total. The summed E-state index contributed by atoms with van der Waals surface area (Å²) in [6.07, 6.45) is 1.58. The van der Waals surface area contributed by atoms with Gasteiger partial charge in [-0.05, 0) is 18.6 Å². The van der Waals surface area contributed by atoms with Crippen LogP contribution < -0.4 is 15.0 Å². The molecular weight excluding hydrogens is 300 g/mol. The molecule has 0 saturated carbocycles. The van der Waals surface area contributed by atoms with E-state index in [1.54, 1.807) is 23.1 Å². The van der Waals surface area contributed by atoms with Crippen LogP contribution in [-0.4, -0.2) is 36.0 Å². The molecule has 2 amide bonds. The summed E-state index contributed by atoms with van der Waals surface area (Å²) in [4.78, 5) is 35.8. The van der Waals surface area contributed by atoms with Gasteiger partial charge in [0, 0.05) is 24.7 Å². The van der Waals surface area contributed by atoms with Gasteiger partial charge in [-0.25, -0.2) is 0 Å². The highest BCUT2D eigenvalue weighted by Gasteiger charge is 2.25. The van der Waals surface area contributed by atoms with Crippen molar-refractivity contribution in [3.8, 4) is 5.75 Å². The van der Waals surface area contributed by atoms with Gasteiger partial charge >= 0.3 is 5.97 Å². The van der Waals surface area contributed by atoms with Gasteiger partial charge in [0.25, 0.3) is 5.91 Å². The van der Waals surface area contributed by atoms with Crippen LogP contribution >= 0.6 is 0 Å². The van der Waals surface area contributed by atoms with Crippen molar-refractivity contribution >= 4 is 29.2 Å². The van der Waals surface area contributed by atoms with Gasteiger partial charge < -0.3 is 20.1 Å². The number of nitrogens with zero attached hydrogens (tertiary/aromatic N) is 1. The molecule has 0 atom stereocenters. The first-order valence-corrected chi connectivity index (χ1v) is 7.60. The second kappa shape index (κ2) is 7.62. The lowest BCUT2D eigenvalue weighted by Gasteiger charge is -2.29. The summed E-state index contributed by atoms with van der Waals surface area (Å²) in [5.74, 6) is -0.929. The van der Waals surface area contributed by atoms with Crippen molar-refractivity contribution in [1.29, 1.82) is 0 Å². The van der Waals surface area contributed by atoms with E-state index in [1.807, 2.05) is 0 Å². The van der Waals surface area contributed by atoms with E-state index in [0.29, 0.717) is 23.7 Å². The summed E-state index contributed by atoms with van der Waals surface area (Å²) in [6.45, 7) is 2.67. The molecule has 0 saturated heterocycles. The zero-order chi connectivity index (χ0) is 16.8. The van der Waals surface area contributed by atoms with Crippen molar-refractivity contribution in [2.45, 2.75) is 32.6 Å². The van der Waals surface area contributed by atoms with Crippen molar-refractivity contribution in [2.75, 3.05) is 23.4 Å². The van der Waals surface area contributed by atoms with Gasteiger partial charge in [-0.3, -0.25) is 14.4 Å². The second-order valence-electron chi connectivity index (χ2n) is 5.31. The maximum Gasteiger partial charge on any atom is 0.303 e. The molecular formula is C16H20N2O5. The number of nitrogens with one attached hydrogen (secondary N) is 1. The number of aliphatic carboxylic acids is 1. The third-order valence-corrected chi connectivity index (χ3v) is 3.49. The van der Waals surface area contributed by atoms with Gasteiger partial charge in [-0.15, -0.1) is 0 Å². The van der Waals surface area contributed by atoms with E-state index in [9.17, 15) is 14.4 Å². The predicted octanol–water partition coefficient (Wildman–Crippen LogP) is 2.02. The first-order chi connectivity index (χ1) is 11.0. The number of carboxylic acids is 1. The van der Waals surface area contributed by atoms with Gasteiger partial charge in [0.05, 0.1) is 12.1 Å². The molecule has 0 aliphatic carbocycles. The molecule has 0 fully saturated rings. The molecule has 23 heavy (non-hydrogen) atoms. The van der Waals surface area contributed by atoms with Crippen LogP contribution in [0.1, 0.15) is 32.6 Å². The molecule has 2 rings (SSSR count). The summed E-state index contributed by atoms with van der Waals surface area (Å²) in [7, 11) is 0. The van der Waals surface area contributed by atoms with E-state index in [4.69, 9.17) is 9.84 Å². The SMILES string of the molecule is CCCCN1C(=O)COc2cc(NC(=O)CCC(=O)O)ccc21. The van der Waals surface area contributed by atoms with Crippen molar-refractivity contribution in [3.05, 3.63) is 18.2 Å². The fourth-order valence-corrected chi connectivity index (χ4v) is 2.29. The first-order valence-electron chi connectivity index (χ1n) is 7.60. The Morgan fingerprint density at radius 3 is 2.83 bits per heavy atom. The van der Waals surface area contributed by atoms with Gasteiger partial charge in [-0.2, -0.15) is 0 Å². The zero-order valence-electron chi connectivity index (χ0n) is 13.0. The van der Waals surface area contributed by atoms with Crippen LogP contribution in [0.4, 0.5) is 11.4 Å². The molecule has 0 unspecified atom stereocenters. The topological polar surface area (TPSA) is 95.9 Å². The Bertz CT molecular complexity index is 614.